The van der Waals surface area contributed by atoms with Gasteiger partial charge in [-0.2, -0.15) is 0 Å². The average molecular weight is 292 g/mol. The standard InChI is InChI=1S/C16H14F2O3/c17-12-5-1-3-10(15(12)18)9-13(19)11-4-2-6-14-16(11)21-8-7-20-14/h1-6,13,19H,7-9H2. The third-order valence-corrected chi connectivity index (χ3v) is 3.40. The molecule has 3 nitrogen and oxygen atoms in total. The predicted molar refractivity (Wildman–Crippen MR) is 72.5 cm³/mol. The summed E-state index contributed by atoms with van der Waals surface area (Å²) in [6.45, 7) is 0.843. The topological polar surface area (TPSA) is 38.7 Å². The van der Waals surface area contributed by atoms with Gasteiger partial charge in [0.1, 0.15) is 13.2 Å². The Bertz CT molecular complexity index is 658. The van der Waals surface area contributed by atoms with Gasteiger partial charge < -0.3 is 14.6 Å². The monoisotopic (exact) mass is 292 g/mol. The number of halogens is 2. The van der Waals surface area contributed by atoms with Crippen molar-refractivity contribution in [1.82, 2.24) is 0 Å². The number of benzene rings is 2. The smallest absolute Gasteiger partial charge is 0.167 e. The van der Waals surface area contributed by atoms with Gasteiger partial charge in [0.2, 0.25) is 0 Å². The molecule has 0 fully saturated rings. The summed E-state index contributed by atoms with van der Waals surface area (Å²) >= 11 is 0. The van der Waals surface area contributed by atoms with Crippen LogP contribution in [0.15, 0.2) is 36.4 Å². The molecule has 2 aromatic carbocycles. The molecular formula is C16H14F2O3. The summed E-state index contributed by atoms with van der Waals surface area (Å²) in [5.74, 6) is -0.835. The fourth-order valence-electron chi connectivity index (χ4n) is 2.38. The molecule has 0 aromatic heterocycles. The van der Waals surface area contributed by atoms with E-state index in [2.05, 4.69) is 0 Å². The Kier molecular flexibility index (Phi) is 3.75. The van der Waals surface area contributed by atoms with Gasteiger partial charge in [0.25, 0.3) is 0 Å². The Balaban J connectivity index is 1.89. The first-order valence-electron chi connectivity index (χ1n) is 6.66. The van der Waals surface area contributed by atoms with E-state index >= 15 is 0 Å². The molecule has 2 aromatic rings. The largest absolute Gasteiger partial charge is 0.486 e. The molecule has 1 aliphatic rings. The molecule has 1 N–H and O–H groups in total. The van der Waals surface area contributed by atoms with Crippen LogP contribution >= 0.6 is 0 Å². The number of fused-ring (bicyclic) bond motifs is 1. The fourth-order valence-corrected chi connectivity index (χ4v) is 2.38. The number of para-hydroxylation sites is 1. The van der Waals surface area contributed by atoms with Crippen molar-refractivity contribution in [3.63, 3.8) is 0 Å². The number of hydrogen-bond acceptors (Lipinski definition) is 3. The van der Waals surface area contributed by atoms with Gasteiger partial charge in [-0.3, -0.25) is 0 Å². The number of aliphatic hydroxyl groups is 1. The molecule has 1 unspecified atom stereocenters. The van der Waals surface area contributed by atoms with E-state index in [0.29, 0.717) is 30.3 Å². The molecule has 21 heavy (non-hydrogen) atoms. The zero-order chi connectivity index (χ0) is 14.8. The van der Waals surface area contributed by atoms with Crippen molar-refractivity contribution >= 4 is 0 Å². The van der Waals surface area contributed by atoms with Crippen LogP contribution in [0.4, 0.5) is 8.78 Å². The minimum atomic E-state index is -1.00. The summed E-state index contributed by atoms with van der Waals surface area (Å²) in [5, 5.41) is 10.3. The van der Waals surface area contributed by atoms with E-state index in [-0.39, 0.29) is 12.0 Å². The van der Waals surface area contributed by atoms with Crippen LogP contribution in [-0.4, -0.2) is 18.3 Å². The lowest BCUT2D eigenvalue weighted by Gasteiger charge is -2.23. The average Bonchev–Trinajstić information content (AvgIpc) is 2.51. The van der Waals surface area contributed by atoms with Crippen LogP contribution in [0.5, 0.6) is 11.5 Å². The Morgan fingerprint density at radius 1 is 1.05 bits per heavy atom. The first-order chi connectivity index (χ1) is 10.2. The third-order valence-electron chi connectivity index (χ3n) is 3.40. The van der Waals surface area contributed by atoms with Crippen LogP contribution < -0.4 is 9.47 Å². The zero-order valence-electron chi connectivity index (χ0n) is 11.2. The number of aliphatic hydroxyl groups excluding tert-OH is 1. The maximum Gasteiger partial charge on any atom is 0.167 e. The highest BCUT2D eigenvalue weighted by molar-refractivity contribution is 5.48. The van der Waals surface area contributed by atoms with Gasteiger partial charge in [-0.25, -0.2) is 8.78 Å². The van der Waals surface area contributed by atoms with Gasteiger partial charge in [-0.15, -0.1) is 0 Å². The molecule has 5 heteroatoms. The molecule has 1 aliphatic heterocycles. The summed E-state index contributed by atoms with van der Waals surface area (Å²) in [4.78, 5) is 0. The second kappa shape index (κ2) is 5.69. The molecule has 110 valence electrons. The van der Waals surface area contributed by atoms with Crippen molar-refractivity contribution in [2.75, 3.05) is 13.2 Å². The van der Waals surface area contributed by atoms with E-state index < -0.39 is 17.7 Å². The molecule has 0 aliphatic carbocycles. The predicted octanol–water partition coefficient (Wildman–Crippen LogP) is 3.01. The molecule has 0 amide bonds. The first-order valence-corrected chi connectivity index (χ1v) is 6.66. The first kappa shape index (κ1) is 13.8. The molecule has 0 saturated heterocycles. The Morgan fingerprint density at radius 3 is 2.67 bits per heavy atom. The third kappa shape index (κ3) is 2.69. The molecule has 0 bridgehead atoms. The van der Waals surface area contributed by atoms with Gasteiger partial charge in [0.05, 0.1) is 6.10 Å². The van der Waals surface area contributed by atoms with Crippen molar-refractivity contribution in [3.8, 4) is 11.5 Å². The summed E-state index contributed by atoms with van der Waals surface area (Å²) < 4.78 is 37.8. The Morgan fingerprint density at radius 2 is 1.81 bits per heavy atom. The van der Waals surface area contributed by atoms with Crippen molar-refractivity contribution in [2.45, 2.75) is 12.5 Å². The van der Waals surface area contributed by atoms with Crippen molar-refractivity contribution < 1.29 is 23.4 Å². The second-order valence-electron chi connectivity index (χ2n) is 4.80. The lowest BCUT2D eigenvalue weighted by molar-refractivity contribution is 0.145. The highest BCUT2D eigenvalue weighted by Gasteiger charge is 2.22. The lowest BCUT2D eigenvalue weighted by atomic mass is 9.99. The van der Waals surface area contributed by atoms with Gasteiger partial charge >= 0.3 is 0 Å². The molecular weight excluding hydrogens is 278 g/mol. The second-order valence-corrected chi connectivity index (χ2v) is 4.80. The maximum atomic E-state index is 13.7. The quantitative estimate of drug-likeness (QED) is 0.945. The van der Waals surface area contributed by atoms with Gasteiger partial charge in [0.15, 0.2) is 23.1 Å². The van der Waals surface area contributed by atoms with Crippen LogP contribution in [-0.2, 0) is 6.42 Å². The van der Waals surface area contributed by atoms with Crippen LogP contribution in [0.3, 0.4) is 0 Å². The van der Waals surface area contributed by atoms with E-state index in [0.717, 1.165) is 6.07 Å². The van der Waals surface area contributed by atoms with Gasteiger partial charge in [-0.1, -0.05) is 24.3 Å². The van der Waals surface area contributed by atoms with E-state index in [1.807, 2.05) is 0 Å². The normalized spacial score (nSPS) is 14.8. The highest BCUT2D eigenvalue weighted by Crippen LogP contribution is 2.38. The summed E-state index contributed by atoms with van der Waals surface area (Å²) in [6.07, 6.45) is -1.04. The minimum absolute atomic E-state index is 0.0383. The number of rotatable bonds is 3. The molecule has 0 spiro atoms. The molecule has 1 heterocycles. The van der Waals surface area contributed by atoms with Crippen LogP contribution in [0.1, 0.15) is 17.2 Å². The minimum Gasteiger partial charge on any atom is -0.486 e. The number of hydrogen-bond donors (Lipinski definition) is 1. The SMILES string of the molecule is OC(Cc1cccc(F)c1F)c1cccc2c1OCCO2. The summed E-state index contributed by atoms with van der Waals surface area (Å²) in [5.41, 5.74) is 0.632. The lowest BCUT2D eigenvalue weighted by Crippen LogP contribution is -2.18. The molecule has 0 radical (unpaired) electrons. The molecule has 1 atom stereocenters. The Hall–Kier alpha value is -2.14. The highest BCUT2D eigenvalue weighted by atomic mass is 19.2. The van der Waals surface area contributed by atoms with Crippen LogP contribution in [0.2, 0.25) is 0 Å². The van der Waals surface area contributed by atoms with Crippen molar-refractivity contribution in [3.05, 3.63) is 59.2 Å². The number of ether oxygens (including phenoxy) is 2. The van der Waals surface area contributed by atoms with Gasteiger partial charge in [0, 0.05) is 12.0 Å². The maximum absolute atomic E-state index is 13.7. The zero-order valence-corrected chi connectivity index (χ0v) is 11.2. The van der Waals surface area contributed by atoms with Crippen LogP contribution in [0.25, 0.3) is 0 Å². The van der Waals surface area contributed by atoms with E-state index in [9.17, 15) is 13.9 Å². The van der Waals surface area contributed by atoms with Gasteiger partial charge in [-0.05, 0) is 17.7 Å². The van der Waals surface area contributed by atoms with E-state index in [4.69, 9.17) is 9.47 Å². The molecule has 3 rings (SSSR count). The van der Waals surface area contributed by atoms with E-state index in [1.54, 1.807) is 18.2 Å². The summed E-state index contributed by atoms with van der Waals surface area (Å²) in [7, 11) is 0. The molecule has 0 saturated carbocycles. The summed E-state index contributed by atoms with van der Waals surface area (Å²) in [6, 6.07) is 9.08. The fraction of sp³-hybridized carbons (Fsp3) is 0.250. The Labute approximate surface area is 120 Å². The van der Waals surface area contributed by atoms with Crippen molar-refractivity contribution in [2.24, 2.45) is 0 Å². The van der Waals surface area contributed by atoms with Crippen molar-refractivity contribution in [1.29, 1.82) is 0 Å². The van der Waals surface area contributed by atoms with E-state index in [1.165, 1.54) is 12.1 Å². The van der Waals surface area contributed by atoms with Crippen LogP contribution in [0, 0.1) is 11.6 Å².